The van der Waals surface area contributed by atoms with E-state index in [0.29, 0.717) is 56.6 Å². The molecule has 1 N–H and O–H groups in total. The van der Waals surface area contributed by atoms with Crippen molar-refractivity contribution in [1.82, 2.24) is 29.8 Å². The number of piperazine rings is 1. The maximum Gasteiger partial charge on any atom is 0.317 e. The third-order valence-electron chi connectivity index (χ3n) is 5.84. The normalized spacial score (nSPS) is 13.9. The van der Waals surface area contributed by atoms with Gasteiger partial charge in [-0.1, -0.05) is 29.8 Å². The molecule has 2 aromatic heterocycles. The van der Waals surface area contributed by atoms with Gasteiger partial charge in [0.1, 0.15) is 12.1 Å². The van der Waals surface area contributed by atoms with Gasteiger partial charge in [-0.15, -0.1) is 0 Å². The highest BCUT2D eigenvalue weighted by molar-refractivity contribution is 6.31. The summed E-state index contributed by atoms with van der Waals surface area (Å²) in [6.45, 7) is 6.76. The summed E-state index contributed by atoms with van der Waals surface area (Å²) >= 11 is 6.19. The largest absolute Gasteiger partial charge is 0.466 e. The van der Waals surface area contributed by atoms with Gasteiger partial charge in [0.15, 0.2) is 0 Å². The van der Waals surface area contributed by atoms with Crippen LogP contribution in [0.1, 0.15) is 30.2 Å². The van der Waals surface area contributed by atoms with E-state index in [-0.39, 0.29) is 18.4 Å². The minimum Gasteiger partial charge on any atom is -0.466 e. The fraction of sp³-hybridized carbons (Fsp3) is 0.435. The molecule has 2 amide bonds. The van der Waals surface area contributed by atoms with E-state index in [1.54, 1.807) is 16.3 Å². The van der Waals surface area contributed by atoms with Crippen LogP contribution in [0.4, 0.5) is 10.6 Å². The summed E-state index contributed by atoms with van der Waals surface area (Å²) < 4.78 is 6.81. The number of hydrogen-bond donors (Lipinski definition) is 1. The van der Waals surface area contributed by atoms with Crippen LogP contribution in [0.15, 0.2) is 30.6 Å². The average Bonchev–Trinajstić information content (AvgIpc) is 3.30. The van der Waals surface area contributed by atoms with Gasteiger partial charge in [0.05, 0.1) is 6.61 Å². The fourth-order valence-corrected chi connectivity index (χ4v) is 4.29. The second-order valence-corrected chi connectivity index (χ2v) is 8.41. The molecule has 0 aliphatic carbocycles. The van der Waals surface area contributed by atoms with E-state index in [2.05, 4.69) is 25.3 Å². The van der Waals surface area contributed by atoms with Gasteiger partial charge in [0.25, 0.3) is 5.78 Å². The summed E-state index contributed by atoms with van der Waals surface area (Å²) in [6.07, 6.45) is 2.22. The summed E-state index contributed by atoms with van der Waals surface area (Å²) in [5.74, 6) is 1.12. The van der Waals surface area contributed by atoms with E-state index >= 15 is 0 Å². The van der Waals surface area contributed by atoms with Gasteiger partial charge in [0, 0.05) is 55.4 Å². The van der Waals surface area contributed by atoms with Crippen LogP contribution in [0.3, 0.4) is 0 Å². The lowest BCUT2D eigenvalue weighted by atomic mass is 10.1. The molecule has 0 bridgehead atoms. The lowest BCUT2D eigenvalue weighted by Gasteiger charge is -2.37. The van der Waals surface area contributed by atoms with E-state index in [9.17, 15) is 9.59 Å². The molecule has 0 spiro atoms. The number of rotatable bonds is 7. The molecule has 10 nitrogen and oxygen atoms in total. The van der Waals surface area contributed by atoms with Gasteiger partial charge in [-0.05, 0) is 31.9 Å². The molecule has 11 heteroatoms. The summed E-state index contributed by atoms with van der Waals surface area (Å²) in [5, 5.41) is 7.95. The Labute approximate surface area is 202 Å². The molecule has 1 saturated heterocycles. The van der Waals surface area contributed by atoms with Crippen molar-refractivity contribution >= 4 is 35.2 Å². The van der Waals surface area contributed by atoms with E-state index in [0.717, 1.165) is 22.6 Å². The Kier molecular flexibility index (Phi) is 7.46. The van der Waals surface area contributed by atoms with Crippen LogP contribution in [-0.2, 0) is 22.5 Å². The minimum atomic E-state index is -0.244. The SMILES string of the molecule is CCOC(=O)CCc1c(C)nc2ncnn2c1N1CCN(C(=O)NCc2ccccc2Cl)CC1. The van der Waals surface area contributed by atoms with E-state index in [1.165, 1.54) is 6.33 Å². The number of carbonyl (C=O) groups is 2. The molecule has 3 aromatic rings. The van der Waals surface area contributed by atoms with Crippen LogP contribution in [0.5, 0.6) is 0 Å². The molecule has 34 heavy (non-hydrogen) atoms. The van der Waals surface area contributed by atoms with E-state index in [1.807, 2.05) is 31.2 Å². The lowest BCUT2D eigenvalue weighted by Crippen LogP contribution is -2.52. The van der Waals surface area contributed by atoms with E-state index < -0.39 is 0 Å². The van der Waals surface area contributed by atoms with Crippen molar-refractivity contribution in [2.45, 2.75) is 33.2 Å². The van der Waals surface area contributed by atoms with Crippen molar-refractivity contribution < 1.29 is 14.3 Å². The number of aryl methyl sites for hydroxylation is 1. The first-order valence-corrected chi connectivity index (χ1v) is 11.7. The molecular formula is C23H28ClN7O3. The summed E-state index contributed by atoms with van der Waals surface area (Å²) in [6, 6.07) is 7.34. The summed E-state index contributed by atoms with van der Waals surface area (Å²) in [4.78, 5) is 37.5. The number of esters is 1. The number of nitrogens with one attached hydrogen (secondary N) is 1. The van der Waals surface area contributed by atoms with Crippen LogP contribution < -0.4 is 10.2 Å². The number of amides is 2. The highest BCUT2D eigenvalue weighted by atomic mass is 35.5. The maximum atomic E-state index is 12.7. The van der Waals surface area contributed by atoms with Gasteiger partial charge in [-0.25, -0.2) is 9.78 Å². The van der Waals surface area contributed by atoms with Crippen LogP contribution in [0, 0.1) is 6.92 Å². The third kappa shape index (κ3) is 5.22. The number of carbonyl (C=O) groups excluding carboxylic acids is 2. The Morgan fingerprint density at radius 3 is 2.68 bits per heavy atom. The zero-order chi connectivity index (χ0) is 24.1. The van der Waals surface area contributed by atoms with Gasteiger partial charge in [0.2, 0.25) is 0 Å². The topological polar surface area (TPSA) is 105 Å². The Hall–Kier alpha value is -3.40. The van der Waals surface area contributed by atoms with Crippen LogP contribution in [0.2, 0.25) is 5.02 Å². The molecule has 1 aliphatic rings. The minimum absolute atomic E-state index is 0.126. The predicted molar refractivity (Wildman–Crippen MR) is 128 cm³/mol. The number of nitrogens with zero attached hydrogens (tertiary/aromatic N) is 6. The van der Waals surface area contributed by atoms with Crippen molar-refractivity contribution in [1.29, 1.82) is 0 Å². The highest BCUT2D eigenvalue weighted by Gasteiger charge is 2.26. The van der Waals surface area contributed by atoms with Crippen molar-refractivity contribution in [3.05, 3.63) is 52.4 Å². The first-order chi connectivity index (χ1) is 16.5. The standard InChI is InChI=1S/C23H28ClN7O3/c1-3-34-20(32)9-8-18-16(2)28-22-26-15-27-31(22)21(18)29-10-12-30(13-11-29)23(33)25-14-17-6-4-5-7-19(17)24/h4-7,15H,3,8-14H2,1-2H3,(H,25,33). The zero-order valence-electron chi connectivity index (χ0n) is 19.3. The highest BCUT2D eigenvalue weighted by Crippen LogP contribution is 2.26. The molecule has 1 aliphatic heterocycles. The van der Waals surface area contributed by atoms with Crippen LogP contribution in [-0.4, -0.2) is 69.3 Å². The van der Waals surface area contributed by atoms with Crippen molar-refractivity contribution in [2.24, 2.45) is 0 Å². The molecule has 1 fully saturated rings. The maximum absolute atomic E-state index is 12.7. The molecule has 3 heterocycles. The number of aromatic nitrogens is 4. The lowest BCUT2D eigenvalue weighted by molar-refractivity contribution is -0.143. The fourth-order valence-electron chi connectivity index (χ4n) is 4.09. The molecular weight excluding hydrogens is 458 g/mol. The molecule has 0 saturated carbocycles. The number of hydrogen-bond acceptors (Lipinski definition) is 7. The monoisotopic (exact) mass is 485 g/mol. The number of anilines is 1. The molecule has 4 rings (SSSR count). The Balaban J connectivity index is 1.45. The molecule has 0 unspecified atom stereocenters. The predicted octanol–water partition coefficient (Wildman–Crippen LogP) is 2.61. The van der Waals surface area contributed by atoms with Gasteiger partial charge < -0.3 is 19.9 Å². The first-order valence-electron chi connectivity index (χ1n) is 11.3. The quantitative estimate of drug-likeness (QED) is 0.513. The molecule has 0 radical (unpaired) electrons. The van der Waals surface area contributed by atoms with Gasteiger partial charge >= 0.3 is 12.0 Å². The van der Waals surface area contributed by atoms with Crippen molar-refractivity contribution in [3.63, 3.8) is 0 Å². The molecule has 180 valence electrons. The van der Waals surface area contributed by atoms with Crippen LogP contribution >= 0.6 is 11.6 Å². The van der Waals surface area contributed by atoms with Gasteiger partial charge in [-0.3, -0.25) is 4.79 Å². The Morgan fingerprint density at radius 1 is 1.18 bits per heavy atom. The number of urea groups is 1. The second-order valence-electron chi connectivity index (χ2n) is 8.00. The smallest absolute Gasteiger partial charge is 0.317 e. The number of ether oxygens (including phenoxy) is 1. The third-order valence-corrected chi connectivity index (χ3v) is 6.21. The summed E-state index contributed by atoms with van der Waals surface area (Å²) in [5.41, 5.74) is 2.62. The van der Waals surface area contributed by atoms with Crippen molar-refractivity contribution in [2.75, 3.05) is 37.7 Å². The molecule has 0 atom stereocenters. The molecule has 1 aromatic carbocycles. The first kappa shape index (κ1) is 23.7. The van der Waals surface area contributed by atoms with Crippen LogP contribution in [0.25, 0.3) is 5.78 Å². The summed E-state index contributed by atoms with van der Waals surface area (Å²) in [7, 11) is 0. The zero-order valence-corrected chi connectivity index (χ0v) is 20.1. The second kappa shape index (κ2) is 10.7. The average molecular weight is 486 g/mol. The Morgan fingerprint density at radius 2 is 1.94 bits per heavy atom. The van der Waals surface area contributed by atoms with Gasteiger partial charge in [-0.2, -0.15) is 14.6 Å². The van der Waals surface area contributed by atoms with Crippen molar-refractivity contribution in [3.8, 4) is 0 Å². The Bertz CT molecular complexity index is 1170. The van der Waals surface area contributed by atoms with E-state index in [4.69, 9.17) is 16.3 Å². The number of fused-ring (bicyclic) bond motifs is 1. The number of halogens is 1. The number of benzene rings is 1.